The lowest BCUT2D eigenvalue weighted by Crippen LogP contribution is -2.61. The van der Waals surface area contributed by atoms with Gasteiger partial charge in [-0.1, -0.05) is 65.9 Å². The van der Waals surface area contributed by atoms with Gasteiger partial charge < -0.3 is 35.6 Å². The SMILES string of the molecule is C=CCNC(=O)C(=O)C(CCCC)NC(=O)[C@@H]1[C@H]2CC(C)(C)O[C@H]2CN1C(=O)[C@@H](NC(=O)N[C@H](C(=O)OC(C)(C)C)C(C)(C)C)C1CCCCC1. The molecule has 2 saturated heterocycles. The fourth-order valence-electron chi connectivity index (χ4n) is 7.51. The Hall–Kier alpha value is -3.48. The van der Waals surface area contributed by atoms with Gasteiger partial charge in [0, 0.05) is 19.0 Å². The van der Waals surface area contributed by atoms with Gasteiger partial charge in [0.05, 0.1) is 17.7 Å². The molecule has 288 valence electrons. The van der Waals surface area contributed by atoms with Crippen LogP contribution >= 0.6 is 0 Å². The number of ether oxygens (including phenoxy) is 2. The molecule has 0 spiro atoms. The Balaban J connectivity index is 1.93. The molecule has 4 N–H and O–H groups in total. The Bertz CT molecular complexity index is 1300. The van der Waals surface area contributed by atoms with Crippen molar-refractivity contribution in [2.45, 2.75) is 162 Å². The Labute approximate surface area is 304 Å². The van der Waals surface area contributed by atoms with Crippen LogP contribution in [0.25, 0.3) is 0 Å². The van der Waals surface area contributed by atoms with Crippen molar-refractivity contribution in [1.29, 1.82) is 0 Å². The van der Waals surface area contributed by atoms with E-state index in [-0.39, 0.29) is 31.3 Å². The van der Waals surface area contributed by atoms with Gasteiger partial charge in [0.2, 0.25) is 17.6 Å². The highest BCUT2D eigenvalue weighted by molar-refractivity contribution is 6.38. The summed E-state index contributed by atoms with van der Waals surface area (Å²) in [7, 11) is 0. The Morgan fingerprint density at radius 3 is 2.20 bits per heavy atom. The van der Waals surface area contributed by atoms with E-state index in [9.17, 15) is 28.8 Å². The average Bonchev–Trinajstić information content (AvgIpc) is 3.52. The van der Waals surface area contributed by atoms with Gasteiger partial charge in [-0.05, 0) is 71.6 Å². The summed E-state index contributed by atoms with van der Waals surface area (Å²) in [6, 6.07) is -4.72. The number of nitrogens with one attached hydrogen (secondary N) is 4. The zero-order valence-corrected chi connectivity index (χ0v) is 32.3. The molecule has 13 nitrogen and oxygen atoms in total. The zero-order chi connectivity index (χ0) is 38.3. The van der Waals surface area contributed by atoms with Gasteiger partial charge in [0.1, 0.15) is 23.7 Å². The minimum absolute atomic E-state index is 0.109. The molecular weight excluding hydrogens is 654 g/mol. The molecular formula is C38H63N5O8. The number of unbranched alkanes of at least 4 members (excludes halogenated alkanes) is 1. The van der Waals surface area contributed by atoms with Gasteiger partial charge in [0.25, 0.3) is 5.91 Å². The highest BCUT2D eigenvalue weighted by atomic mass is 16.6. The molecule has 5 amide bonds. The number of carbonyl (C=O) groups is 6. The second-order valence-electron chi connectivity index (χ2n) is 17.1. The first-order valence-electron chi connectivity index (χ1n) is 18.7. The number of ketones is 1. The van der Waals surface area contributed by atoms with Crippen LogP contribution in [0.3, 0.4) is 0 Å². The number of likely N-dealkylation sites (tertiary alicyclic amines) is 1. The van der Waals surface area contributed by atoms with Gasteiger partial charge in [0.15, 0.2) is 0 Å². The van der Waals surface area contributed by atoms with Crippen molar-refractivity contribution in [3.05, 3.63) is 12.7 Å². The molecule has 0 bridgehead atoms. The van der Waals surface area contributed by atoms with Crippen molar-refractivity contribution in [3.8, 4) is 0 Å². The molecule has 2 aliphatic heterocycles. The van der Waals surface area contributed by atoms with Gasteiger partial charge in [-0.15, -0.1) is 6.58 Å². The van der Waals surface area contributed by atoms with Gasteiger partial charge >= 0.3 is 12.0 Å². The van der Waals surface area contributed by atoms with E-state index in [4.69, 9.17) is 9.47 Å². The summed E-state index contributed by atoms with van der Waals surface area (Å²) in [6.45, 7) is 20.4. The number of nitrogens with zero attached hydrogens (tertiary/aromatic N) is 1. The van der Waals surface area contributed by atoms with Crippen molar-refractivity contribution in [2.75, 3.05) is 13.1 Å². The van der Waals surface area contributed by atoms with E-state index in [0.717, 1.165) is 25.7 Å². The predicted molar refractivity (Wildman–Crippen MR) is 193 cm³/mol. The molecule has 3 fully saturated rings. The largest absolute Gasteiger partial charge is 0.458 e. The standard InChI is InChI=1S/C38H63N5O8/c1-11-13-19-25(29(44)32(46)39-20-12-2)40-31(45)28-24-21-38(9,10)50-26(24)22-43(28)33(47)27(23-17-15-14-16-18-23)41-35(49)42-30(36(3,4)5)34(48)51-37(6,7)8/h12,23-28,30H,2,11,13-22H2,1,3-10H3,(H,39,46)(H,40,45)(H2,41,42,49)/t24-,25?,26-,27-,28-,30+/m0/s1. The third-order valence-electron chi connectivity index (χ3n) is 9.91. The third-order valence-corrected chi connectivity index (χ3v) is 9.91. The molecule has 0 aromatic heterocycles. The molecule has 13 heteroatoms. The van der Waals surface area contributed by atoms with Crippen LogP contribution in [0.2, 0.25) is 0 Å². The van der Waals surface area contributed by atoms with Crippen LogP contribution in [-0.4, -0.2) is 95.0 Å². The van der Waals surface area contributed by atoms with Crippen LogP contribution in [0.15, 0.2) is 12.7 Å². The van der Waals surface area contributed by atoms with Gasteiger partial charge in [-0.2, -0.15) is 0 Å². The van der Waals surface area contributed by atoms with Gasteiger partial charge in [-0.3, -0.25) is 19.2 Å². The number of fused-ring (bicyclic) bond motifs is 1. The maximum Gasteiger partial charge on any atom is 0.329 e. The topological polar surface area (TPSA) is 172 Å². The second kappa shape index (κ2) is 17.4. The first kappa shape index (κ1) is 41.9. The van der Waals surface area contributed by atoms with E-state index >= 15 is 0 Å². The number of rotatable bonds is 14. The molecule has 0 aromatic rings. The fraction of sp³-hybridized carbons (Fsp3) is 0.789. The van der Waals surface area contributed by atoms with Crippen molar-refractivity contribution >= 4 is 35.5 Å². The lowest BCUT2D eigenvalue weighted by molar-refractivity contribution is -0.160. The summed E-state index contributed by atoms with van der Waals surface area (Å²) in [5, 5.41) is 11.0. The molecule has 0 aromatic carbocycles. The van der Waals surface area contributed by atoms with Crippen LogP contribution in [0.1, 0.15) is 120 Å². The van der Waals surface area contributed by atoms with E-state index in [1.165, 1.54) is 11.0 Å². The fourth-order valence-corrected chi connectivity index (χ4v) is 7.51. The zero-order valence-electron chi connectivity index (χ0n) is 32.3. The number of esters is 1. The number of hydrogen-bond acceptors (Lipinski definition) is 8. The van der Waals surface area contributed by atoms with Crippen molar-refractivity contribution < 1.29 is 38.2 Å². The number of Topliss-reactive ketones (excluding diaryl/α,β-unsaturated/α-hetero) is 1. The van der Waals surface area contributed by atoms with Crippen LogP contribution in [-0.2, 0) is 33.4 Å². The smallest absolute Gasteiger partial charge is 0.329 e. The number of carbonyl (C=O) groups excluding carboxylic acids is 6. The summed E-state index contributed by atoms with van der Waals surface area (Å²) in [5.74, 6) is -3.66. The highest BCUT2D eigenvalue weighted by Gasteiger charge is 2.56. The second-order valence-corrected chi connectivity index (χ2v) is 17.1. The normalized spacial score (nSPS) is 23.6. The van der Waals surface area contributed by atoms with Gasteiger partial charge in [-0.25, -0.2) is 9.59 Å². The van der Waals surface area contributed by atoms with Crippen molar-refractivity contribution in [2.24, 2.45) is 17.3 Å². The molecule has 0 radical (unpaired) electrons. The molecule has 1 unspecified atom stereocenters. The number of amides is 5. The third kappa shape index (κ3) is 11.5. The lowest BCUT2D eigenvalue weighted by Gasteiger charge is -2.37. The first-order chi connectivity index (χ1) is 23.7. The molecule has 51 heavy (non-hydrogen) atoms. The monoisotopic (exact) mass is 717 g/mol. The Morgan fingerprint density at radius 1 is 0.980 bits per heavy atom. The lowest BCUT2D eigenvalue weighted by atomic mass is 9.83. The molecule has 2 heterocycles. The molecule has 6 atom stereocenters. The maximum atomic E-state index is 14.7. The maximum absolute atomic E-state index is 14.7. The minimum atomic E-state index is -1.08. The summed E-state index contributed by atoms with van der Waals surface area (Å²) in [5.41, 5.74) is -2.00. The van der Waals surface area contributed by atoms with Crippen LogP contribution in [0.4, 0.5) is 4.79 Å². The molecule has 3 aliphatic rings. The number of hydrogen-bond donors (Lipinski definition) is 4. The average molecular weight is 718 g/mol. The summed E-state index contributed by atoms with van der Waals surface area (Å²) in [6.07, 6.45) is 7.35. The van der Waals surface area contributed by atoms with E-state index in [2.05, 4.69) is 27.8 Å². The molecule has 1 aliphatic carbocycles. The summed E-state index contributed by atoms with van der Waals surface area (Å²) >= 11 is 0. The minimum Gasteiger partial charge on any atom is -0.458 e. The Morgan fingerprint density at radius 2 is 1.63 bits per heavy atom. The predicted octanol–water partition coefficient (Wildman–Crippen LogP) is 3.93. The van der Waals surface area contributed by atoms with Crippen molar-refractivity contribution in [3.63, 3.8) is 0 Å². The molecule has 3 rings (SSSR count). The Kier molecular flexibility index (Phi) is 14.3. The number of urea groups is 1. The van der Waals surface area contributed by atoms with Crippen LogP contribution < -0.4 is 21.3 Å². The van der Waals surface area contributed by atoms with E-state index in [1.807, 2.05) is 41.5 Å². The highest BCUT2D eigenvalue weighted by Crippen LogP contribution is 2.43. The van der Waals surface area contributed by atoms with Crippen molar-refractivity contribution in [1.82, 2.24) is 26.2 Å². The summed E-state index contributed by atoms with van der Waals surface area (Å²) in [4.78, 5) is 83.3. The van der Waals surface area contributed by atoms with E-state index in [0.29, 0.717) is 25.7 Å². The van der Waals surface area contributed by atoms with Crippen LogP contribution in [0.5, 0.6) is 0 Å². The van der Waals surface area contributed by atoms with Crippen LogP contribution in [0, 0.1) is 17.3 Å². The van der Waals surface area contributed by atoms with E-state index < -0.39 is 82.4 Å². The summed E-state index contributed by atoms with van der Waals surface area (Å²) < 4.78 is 11.9. The first-order valence-corrected chi connectivity index (χ1v) is 18.7. The quantitative estimate of drug-likeness (QED) is 0.119. The molecule has 1 saturated carbocycles. The van der Waals surface area contributed by atoms with E-state index in [1.54, 1.807) is 20.8 Å².